The van der Waals surface area contributed by atoms with Gasteiger partial charge >= 0.3 is 0 Å². The van der Waals surface area contributed by atoms with Crippen LogP contribution >= 0.6 is 0 Å². The van der Waals surface area contributed by atoms with Crippen LogP contribution in [0.2, 0.25) is 0 Å². The van der Waals surface area contributed by atoms with Gasteiger partial charge in [-0.25, -0.2) is 9.97 Å². The number of phenols is 2. The molecule has 0 aliphatic rings. The van der Waals surface area contributed by atoms with Crippen LogP contribution in [0.4, 0.5) is 5.82 Å². The second kappa shape index (κ2) is 5.28. The van der Waals surface area contributed by atoms with Gasteiger partial charge < -0.3 is 15.5 Å². The predicted octanol–water partition coefficient (Wildman–Crippen LogP) is 2.96. The normalized spacial score (nSPS) is 10.7. The van der Waals surface area contributed by atoms with Crippen LogP contribution in [0.1, 0.15) is 11.1 Å². The zero-order valence-corrected chi connectivity index (χ0v) is 11.5. The van der Waals surface area contributed by atoms with Crippen LogP contribution in [0.15, 0.2) is 42.7 Å². The minimum Gasteiger partial charge on any atom is -0.504 e. The summed E-state index contributed by atoms with van der Waals surface area (Å²) in [6.45, 7) is 2.52. The molecule has 0 bridgehead atoms. The summed E-state index contributed by atoms with van der Waals surface area (Å²) < 4.78 is 0. The summed E-state index contributed by atoms with van der Waals surface area (Å²) in [5, 5.41) is 23.0. The minimum absolute atomic E-state index is 0.123. The lowest BCUT2D eigenvalue weighted by atomic mass is 10.1. The van der Waals surface area contributed by atoms with Gasteiger partial charge in [0.05, 0.1) is 5.52 Å². The number of nitrogens with one attached hydrogen (secondary N) is 1. The van der Waals surface area contributed by atoms with Crippen molar-refractivity contribution in [3.8, 4) is 11.5 Å². The summed E-state index contributed by atoms with van der Waals surface area (Å²) in [6.07, 6.45) is 1.52. The maximum Gasteiger partial charge on any atom is 0.157 e. The van der Waals surface area contributed by atoms with Crippen LogP contribution in [-0.2, 0) is 6.54 Å². The number of phenolic OH excluding ortho intramolecular Hbond substituents is 2. The maximum atomic E-state index is 9.50. The van der Waals surface area contributed by atoms with Crippen molar-refractivity contribution in [3.05, 3.63) is 53.9 Å². The first kappa shape index (κ1) is 13.2. The summed E-state index contributed by atoms with van der Waals surface area (Å²) in [5.41, 5.74) is 2.87. The molecule has 5 nitrogen and oxygen atoms in total. The first-order valence-electron chi connectivity index (χ1n) is 6.59. The lowest BCUT2D eigenvalue weighted by Crippen LogP contribution is -2.02. The lowest BCUT2D eigenvalue weighted by molar-refractivity contribution is 0.403. The van der Waals surface area contributed by atoms with Crippen molar-refractivity contribution in [2.24, 2.45) is 0 Å². The lowest BCUT2D eigenvalue weighted by Gasteiger charge is -2.09. The van der Waals surface area contributed by atoms with E-state index < -0.39 is 0 Å². The Bertz CT molecular complexity index is 803. The predicted molar refractivity (Wildman–Crippen MR) is 81.4 cm³/mol. The first-order valence-corrected chi connectivity index (χ1v) is 6.59. The fraction of sp³-hybridized carbons (Fsp3) is 0.125. The fourth-order valence-electron chi connectivity index (χ4n) is 2.18. The van der Waals surface area contributed by atoms with Crippen LogP contribution in [0, 0.1) is 6.92 Å². The molecule has 0 spiro atoms. The van der Waals surface area contributed by atoms with E-state index >= 15 is 0 Å². The Kier molecular flexibility index (Phi) is 3.31. The number of benzene rings is 2. The summed E-state index contributed by atoms with van der Waals surface area (Å²) in [6, 6.07) is 10.7. The molecule has 5 heteroatoms. The summed E-state index contributed by atoms with van der Waals surface area (Å²) >= 11 is 0. The van der Waals surface area contributed by atoms with E-state index in [1.807, 2.05) is 25.1 Å². The first-order chi connectivity index (χ1) is 10.1. The number of fused-ring (bicyclic) bond motifs is 1. The smallest absolute Gasteiger partial charge is 0.157 e. The molecule has 3 N–H and O–H groups in total. The van der Waals surface area contributed by atoms with Gasteiger partial charge in [-0.2, -0.15) is 0 Å². The molecule has 3 aromatic rings. The van der Waals surface area contributed by atoms with Crippen LogP contribution in [0.5, 0.6) is 11.5 Å². The van der Waals surface area contributed by atoms with Gasteiger partial charge in [0.2, 0.25) is 0 Å². The van der Waals surface area contributed by atoms with Crippen molar-refractivity contribution in [2.75, 3.05) is 5.32 Å². The topological polar surface area (TPSA) is 78.3 Å². The van der Waals surface area contributed by atoms with E-state index in [1.54, 1.807) is 6.07 Å². The van der Waals surface area contributed by atoms with Crippen LogP contribution < -0.4 is 5.32 Å². The second-order valence-electron chi connectivity index (χ2n) is 4.92. The van der Waals surface area contributed by atoms with E-state index in [1.165, 1.54) is 18.5 Å². The maximum absolute atomic E-state index is 9.50. The Morgan fingerprint density at radius 2 is 1.86 bits per heavy atom. The van der Waals surface area contributed by atoms with E-state index in [4.69, 9.17) is 0 Å². The van der Waals surface area contributed by atoms with Crippen molar-refractivity contribution in [2.45, 2.75) is 13.5 Å². The molecule has 0 radical (unpaired) electrons. The van der Waals surface area contributed by atoms with Gasteiger partial charge in [-0.3, -0.25) is 0 Å². The highest BCUT2D eigenvalue weighted by atomic mass is 16.3. The molecule has 0 aliphatic heterocycles. The third-order valence-corrected chi connectivity index (χ3v) is 3.29. The summed E-state index contributed by atoms with van der Waals surface area (Å²) in [5.74, 6) is 0.496. The van der Waals surface area contributed by atoms with Gasteiger partial charge in [0.25, 0.3) is 0 Å². The van der Waals surface area contributed by atoms with E-state index in [-0.39, 0.29) is 11.5 Å². The Morgan fingerprint density at radius 3 is 2.67 bits per heavy atom. The van der Waals surface area contributed by atoms with Gasteiger partial charge in [0.1, 0.15) is 12.1 Å². The molecular formula is C16H15N3O2. The number of aromatic nitrogens is 2. The van der Waals surface area contributed by atoms with Gasteiger partial charge in [0.15, 0.2) is 11.5 Å². The highest BCUT2D eigenvalue weighted by Gasteiger charge is 2.05. The van der Waals surface area contributed by atoms with Crippen molar-refractivity contribution >= 4 is 16.7 Å². The molecule has 2 aromatic carbocycles. The van der Waals surface area contributed by atoms with Crippen LogP contribution in [-0.4, -0.2) is 20.2 Å². The molecule has 3 rings (SSSR count). The Balaban J connectivity index is 1.88. The standard InChI is InChI=1S/C16H15N3O2/c1-10-2-4-13-12(6-10)16(19-9-18-13)17-8-11-3-5-14(20)15(21)7-11/h2-7,9,20-21H,8H2,1H3,(H,17,18,19). The summed E-state index contributed by atoms with van der Waals surface area (Å²) in [4.78, 5) is 8.51. The molecule has 0 saturated heterocycles. The van der Waals surface area contributed by atoms with E-state index in [0.717, 1.165) is 27.8 Å². The zero-order chi connectivity index (χ0) is 14.8. The van der Waals surface area contributed by atoms with Crippen LogP contribution in [0.25, 0.3) is 10.9 Å². The molecule has 0 amide bonds. The number of anilines is 1. The molecule has 21 heavy (non-hydrogen) atoms. The fourth-order valence-corrected chi connectivity index (χ4v) is 2.18. The summed E-state index contributed by atoms with van der Waals surface area (Å²) in [7, 11) is 0. The van der Waals surface area contributed by atoms with Gasteiger partial charge in [-0.1, -0.05) is 17.7 Å². The molecule has 106 valence electrons. The number of nitrogens with zero attached hydrogens (tertiary/aromatic N) is 2. The Hall–Kier alpha value is -2.82. The van der Waals surface area contributed by atoms with E-state index in [9.17, 15) is 10.2 Å². The van der Waals surface area contributed by atoms with Crippen LogP contribution in [0.3, 0.4) is 0 Å². The van der Waals surface area contributed by atoms with E-state index in [2.05, 4.69) is 15.3 Å². The molecule has 0 atom stereocenters. The van der Waals surface area contributed by atoms with Crippen molar-refractivity contribution < 1.29 is 10.2 Å². The van der Waals surface area contributed by atoms with Gasteiger partial charge in [-0.15, -0.1) is 0 Å². The number of hydrogen-bond acceptors (Lipinski definition) is 5. The SMILES string of the molecule is Cc1ccc2ncnc(NCc3ccc(O)c(O)c3)c2c1. The third-order valence-electron chi connectivity index (χ3n) is 3.29. The van der Waals surface area contributed by atoms with Gasteiger partial charge in [0, 0.05) is 11.9 Å². The molecule has 0 unspecified atom stereocenters. The van der Waals surface area contributed by atoms with Crippen molar-refractivity contribution in [1.82, 2.24) is 9.97 Å². The van der Waals surface area contributed by atoms with Crippen molar-refractivity contribution in [1.29, 1.82) is 0 Å². The number of hydrogen-bond donors (Lipinski definition) is 3. The monoisotopic (exact) mass is 281 g/mol. The molecule has 0 saturated carbocycles. The number of aryl methyl sites for hydroxylation is 1. The Morgan fingerprint density at radius 1 is 1.00 bits per heavy atom. The quantitative estimate of drug-likeness (QED) is 0.643. The zero-order valence-electron chi connectivity index (χ0n) is 11.5. The van der Waals surface area contributed by atoms with Gasteiger partial charge in [-0.05, 0) is 36.8 Å². The number of rotatable bonds is 3. The Labute approximate surface area is 121 Å². The average molecular weight is 281 g/mol. The molecule has 1 aromatic heterocycles. The largest absolute Gasteiger partial charge is 0.504 e. The molecule has 1 heterocycles. The molecule has 0 fully saturated rings. The molecular weight excluding hydrogens is 266 g/mol. The highest BCUT2D eigenvalue weighted by molar-refractivity contribution is 5.89. The third kappa shape index (κ3) is 2.72. The van der Waals surface area contributed by atoms with E-state index in [0.29, 0.717) is 6.54 Å². The second-order valence-corrected chi connectivity index (χ2v) is 4.92. The highest BCUT2D eigenvalue weighted by Crippen LogP contribution is 2.26. The number of aromatic hydroxyl groups is 2. The van der Waals surface area contributed by atoms with Crippen molar-refractivity contribution in [3.63, 3.8) is 0 Å². The average Bonchev–Trinajstić information content (AvgIpc) is 2.48. The minimum atomic E-state index is -0.127. The molecule has 0 aliphatic carbocycles.